The lowest BCUT2D eigenvalue weighted by molar-refractivity contribution is -0.385. The second kappa shape index (κ2) is 4.07. The third kappa shape index (κ3) is 2.12. The molecule has 1 aromatic carbocycles. The Morgan fingerprint density at radius 2 is 1.94 bits per heavy atom. The second-order valence-electron chi connectivity index (χ2n) is 3.18. The van der Waals surface area contributed by atoms with E-state index in [1.54, 1.807) is 0 Å². The standard InChI is InChI=1S/C9H7F4NO2/c1-5-2-3-6(4-7(5)14(15)16)9(12,13)8(10)11/h2-4,8H,1H3. The van der Waals surface area contributed by atoms with Crippen LogP contribution in [-0.2, 0) is 5.92 Å². The summed E-state index contributed by atoms with van der Waals surface area (Å²) in [5.41, 5.74) is -1.52. The minimum Gasteiger partial charge on any atom is -0.258 e. The molecule has 0 aromatic heterocycles. The smallest absolute Gasteiger partial charge is 0.258 e. The molecule has 16 heavy (non-hydrogen) atoms. The van der Waals surface area contributed by atoms with Crippen LogP contribution in [0.25, 0.3) is 0 Å². The SMILES string of the molecule is Cc1ccc(C(F)(F)C(F)F)cc1[N+](=O)[O-]. The summed E-state index contributed by atoms with van der Waals surface area (Å²) in [6.45, 7) is 1.34. The lowest BCUT2D eigenvalue weighted by Gasteiger charge is -2.15. The number of benzene rings is 1. The highest BCUT2D eigenvalue weighted by molar-refractivity contribution is 5.43. The molecule has 1 rings (SSSR count). The molecule has 0 unspecified atom stereocenters. The second-order valence-corrected chi connectivity index (χ2v) is 3.18. The van der Waals surface area contributed by atoms with Crippen LogP contribution >= 0.6 is 0 Å². The highest BCUT2D eigenvalue weighted by Gasteiger charge is 2.43. The molecule has 0 bridgehead atoms. The third-order valence-corrected chi connectivity index (χ3v) is 2.06. The molecule has 0 fully saturated rings. The number of hydrogen-bond acceptors (Lipinski definition) is 2. The minimum atomic E-state index is -4.38. The van der Waals surface area contributed by atoms with Crippen LogP contribution in [0.5, 0.6) is 0 Å². The van der Waals surface area contributed by atoms with Crippen LogP contribution < -0.4 is 0 Å². The summed E-state index contributed by atoms with van der Waals surface area (Å²) in [6.07, 6.45) is -3.89. The molecule has 0 heterocycles. The van der Waals surface area contributed by atoms with Crippen molar-refractivity contribution in [2.45, 2.75) is 19.3 Å². The van der Waals surface area contributed by atoms with Crippen LogP contribution in [0.15, 0.2) is 18.2 Å². The number of hydrogen-bond donors (Lipinski definition) is 0. The van der Waals surface area contributed by atoms with E-state index in [0.29, 0.717) is 6.07 Å². The number of nitro benzene ring substituents is 1. The van der Waals surface area contributed by atoms with E-state index in [2.05, 4.69) is 0 Å². The van der Waals surface area contributed by atoms with Gasteiger partial charge in [0.15, 0.2) is 0 Å². The molecule has 0 radical (unpaired) electrons. The first-order chi connectivity index (χ1) is 7.26. The van der Waals surface area contributed by atoms with Crippen molar-refractivity contribution in [1.82, 2.24) is 0 Å². The Hall–Kier alpha value is -1.66. The molecule has 0 spiro atoms. The van der Waals surface area contributed by atoms with E-state index in [1.807, 2.05) is 0 Å². The molecule has 3 nitrogen and oxygen atoms in total. The van der Waals surface area contributed by atoms with Crippen molar-refractivity contribution < 1.29 is 22.5 Å². The molecule has 0 aliphatic rings. The number of nitrogens with zero attached hydrogens (tertiary/aromatic N) is 1. The molecule has 0 aliphatic heterocycles. The fourth-order valence-corrected chi connectivity index (χ4v) is 1.14. The molecule has 0 amide bonds. The number of nitro groups is 1. The van der Waals surface area contributed by atoms with Crippen LogP contribution in [0.4, 0.5) is 23.2 Å². The Balaban J connectivity index is 3.28. The molecule has 0 saturated carbocycles. The molecule has 1 aromatic rings. The number of halogens is 4. The van der Waals surface area contributed by atoms with E-state index in [1.165, 1.54) is 6.92 Å². The average molecular weight is 237 g/mol. The molecule has 7 heteroatoms. The lowest BCUT2D eigenvalue weighted by Crippen LogP contribution is -2.23. The van der Waals surface area contributed by atoms with Gasteiger partial charge in [0.05, 0.1) is 4.92 Å². The summed E-state index contributed by atoms with van der Waals surface area (Å²) in [4.78, 5) is 9.56. The zero-order valence-electron chi connectivity index (χ0n) is 8.08. The maximum absolute atomic E-state index is 12.9. The summed E-state index contributed by atoms with van der Waals surface area (Å²) in [7, 11) is 0. The van der Waals surface area contributed by atoms with Gasteiger partial charge in [0.2, 0.25) is 0 Å². The van der Waals surface area contributed by atoms with E-state index in [9.17, 15) is 27.7 Å². The van der Waals surface area contributed by atoms with Crippen LogP contribution in [0.2, 0.25) is 0 Å². The van der Waals surface area contributed by atoms with Crippen LogP contribution in [0.3, 0.4) is 0 Å². The monoisotopic (exact) mass is 237 g/mol. The quantitative estimate of drug-likeness (QED) is 0.460. The van der Waals surface area contributed by atoms with Crippen molar-refractivity contribution in [1.29, 1.82) is 0 Å². The first-order valence-corrected chi connectivity index (χ1v) is 4.18. The average Bonchev–Trinajstić information content (AvgIpc) is 2.17. The van der Waals surface area contributed by atoms with Crippen molar-refractivity contribution in [2.24, 2.45) is 0 Å². The predicted octanol–water partition coefficient (Wildman–Crippen LogP) is 3.26. The highest BCUT2D eigenvalue weighted by Crippen LogP contribution is 2.36. The van der Waals surface area contributed by atoms with Gasteiger partial charge in [-0.15, -0.1) is 0 Å². The fraction of sp³-hybridized carbons (Fsp3) is 0.333. The van der Waals surface area contributed by atoms with E-state index < -0.39 is 28.5 Å². The number of alkyl halides is 4. The fourth-order valence-electron chi connectivity index (χ4n) is 1.14. The van der Waals surface area contributed by atoms with Gasteiger partial charge in [0, 0.05) is 17.2 Å². The van der Waals surface area contributed by atoms with E-state index in [4.69, 9.17) is 0 Å². The van der Waals surface area contributed by atoms with Gasteiger partial charge in [-0.1, -0.05) is 12.1 Å². The van der Waals surface area contributed by atoms with Gasteiger partial charge in [-0.25, -0.2) is 8.78 Å². The number of rotatable bonds is 3. The van der Waals surface area contributed by atoms with Crippen molar-refractivity contribution in [3.63, 3.8) is 0 Å². The highest BCUT2D eigenvalue weighted by atomic mass is 19.3. The Bertz CT molecular complexity index is 420. The molecular formula is C9H7F4NO2. The molecule has 0 N–H and O–H groups in total. The zero-order valence-corrected chi connectivity index (χ0v) is 8.08. The first-order valence-electron chi connectivity index (χ1n) is 4.18. The molecule has 88 valence electrons. The van der Waals surface area contributed by atoms with Crippen molar-refractivity contribution in [3.05, 3.63) is 39.4 Å². The molecule has 0 aliphatic carbocycles. The Labute approximate surface area is 87.8 Å². The van der Waals surface area contributed by atoms with Crippen molar-refractivity contribution >= 4 is 5.69 Å². The van der Waals surface area contributed by atoms with Crippen LogP contribution in [0, 0.1) is 17.0 Å². The Morgan fingerprint density at radius 3 is 2.38 bits per heavy atom. The minimum absolute atomic E-state index is 0.138. The van der Waals surface area contributed by atoms with Gasteiger partial charge in [0.25, 0.3) is 5.69 Å². The molecular weight excluding hydrogens is 230 g/mol. The van der Waals surface area contributed by atoms with Crippen LogP contribution in [-0.4, -0.2) is 11.3 Å². The van der Waals surface area contributed by atoms with Gasteiger partial charge < -0.3 is 0 Å². The first kappa shape index (κ1) is 12.4. The lowest BCUT2D eigenvalue weighted by atomic mass is 10.1. The predicted molar refractivity (Wildman–Crippen MR) is 47.7 cm³/mol. The van der Waals surface area contributed by atoms with Crippen molar-refractivity contribution in [2.75, 3.05) is 0 Å². The van der Waals surface area contributed by atoms with Gasteiger partial charge in [0.1, 0.15) is 0 Å². The van der Waals surface area contributed by atoms with Gasteiger partial charge in [-0.3, -0.25) is 10.1 Å². The topological polar surface area (TPSA) is 43.1 Å². The Kier molecular flexibility index (Phi) is 3.16. The summed E-state index contributed by atoms with van der Waals surface area (Å²) >= 11 is 0. The normalized spacial score (nSPS) is 11.9. The van der Waals surface area contributed by atoms with Gasteiger partial charge in [-0.05, 0) is 6.92 Å². The largest absolute Gasteiger partial charge is 0.332 e. The maximum Gasteiger partial charge on any atom is 0.332 e. The van der Waals surface area contributed by atoms with Gasteiger partial charge >= 0.3 is 12.3 Å². The zero-order chi connectivity index (χ0) is 12.5. The summed E-state index contributed by atoms with van der Waals surface area (Å²) in [6, 6.07) is 2.25. The van der Waals surface area contributed by atoms with E-state index in [0.717, 1.165) is 12.1 Å². The summed E-state index contributed by atoms with van der Waals surface area (Å²) in [5.74, 6) is -4.38. The summed E-state index contributed by atoms with van der Waals surface area (Å²) < 4.78 is 49.8. The Morgan fingerprint density at radius 1 is 1.38 bits per heavy atom. The molecule has 0 atom stereocenters. The third-order valence-electron chi connectivity index (χ3n) is 2.06. The van der Waals surface area contributed by atoms with Crippen molar-refractivity contribution in [3.8, 4) is 0 Å². The molecule has 0 saturated heterocycles. The van der Waals surface area contributed by atoms with E-state index in [-0.39, 0.29) is 5.56 Å². The maximum atomic E-state index is 12.9. The van der Waals surface area contributed by atoms with E-state index >= 15 is 0 Å². The summed E-state index contributed by atoms with van der Waals surface area (Å²) in [5, 5.41) is 10.4. The van der Waals surface area contributed by atoms with Crippen LogP contribution in [0.1, 0.15) is 11.1 Å². The van der Waals surface area contributed by atoms with Gasteiger partial charge in [-0.2, -0.15) is 8.78 Å². The number of aryl methyl sites for hydroxylation is 1.